The van der Waals surface area contributed by atoms with Crippen molar-refractivity contribution in [2.45, 2.75) is 57.8 Å². The Kier molecular flexibility index (Phi) is 6.70. The zero-order valence-corrected chi connectivity index (χ0v) is 15.5. The zero-order chi connectivity index (χ0) is 18.2. The Balaban J connectivity index is 1.55. The van der Waals surface area contributed by atoms with Crippen LogP contribution in [0.4, 0.5) is 0 Å². The number of nitrogens with zero attached hydrogens (tertiary/aromatic N) is 1. The van der Waals surface area contributed by atoms with Crippen LogP contribution in [0.3, 0.4) is 0 Å². The number of hydrogen-bond donors (Lipinski definition) is 2. The minimum Gasteiger partial charge on any atom is -0.409 e. The predicted octanol–water partition coefficient (Wildman–Crippen LogP) is 5.08. The van der Waals surface area contributed by atoms with Crippen molar-refractivity contribution in [3.05, 3.63) is 70.8 Å². The van der Waals surface area contributed by atoms with E-state index in [0.717, 1.165) is 24.3 Å². The van der Waals surface area contributed by atoms with Crippen LogP contribution in [0.5, 0.6) is 0 Å². The molecule has 138 valence electrons. The lowest BCUT2D eigenvalue weighted by Crippen LogP contribution is -2.13. The normalized spacial score (nSPS) is 15.9. The Morgan fingerprint density at radius 1 is 0.885 bits per heavy atom. The maximum Gasteiger partial charge on any atom is 0.170 e. The SMILES string of the molecule is N/[13C](=N\O)c1cccc(CCc2cccc(CCC3CCCCC3)c2)c1. The van der Waals surface area contributed by atoms with Gasteiger partial charge in [-0.15, -0.1) is 0 Å². The van der Waals surface area contributed by atoms with Gasteiger partial charge in [0.25, 0.3) is 0 Å². The first-order valence-electron chi connectivity index (χ1n) is 9.89. The van der Waals surface area contributed by atoms with Gasteiger partial charge in [0.15, 0.2) is 5.84 Å². The van der Waals surface area contributed by atoms with E-state index >= 15 is 0 Å². The molecule has 2 aromatic rings. The molecule has 1 aliphatic rings. The van der Waals surface area contributed by atoms with E-state index in [4.69, 9.17) is 10.9 Å². The highest BCUT2D eigenvalue weighted by atomic mass is 16.4. The van der Waals surface area contributed by atoms with Crippen LogP contribution in [-0.4, -0.2) is 11.0 Å². The lowest BCUT2D eigenvalue weighted by atomic mass is 9.85. The Bertz CT molecular complexity index is 732. The summed E-state index contributed by atoms with van der Waals surface area (Å²) in [4.78, 5) is 0. The number of amidine groups is 1. The van der Waals surface area contributed by atoms with Gasteiger partial charge in [-0.3, -0.25) is 0 Å². The molecule has 0 aromatic heterocycles. The second-order valence-electron chi connectivity index (χ2n) is 7.55. The van der Waals surface area contributed by atoms with E-state index in [9.17, 15) is 0 Å². The van der Waals surface area contributed by atoms with Crippen LogP contribution in [0, 0.1) is 5.92 Å². The number of hydrogen-bond acceptors (Lipinski definition) is 2. The van der Waals surface area contributed by atoms with Crippen molar-refractivity contribution in [2.24, 2.45) is 16.8 Å². The standard InChI is InChI=1S/C23H30N2O/c24-23(25-26)22-11-5-10-21(17-22)15-14-20-9-4-8-19(16-20)13-12-18-6-2-1-3-7-18/h4-5,8-11,16-18,26H,1-3,6-7,12-15H2,(H2,24,25)/i23+1. The van der Waals surface area contributed by atoms with Crippen LogP contribution in [0.2, 0.25) is 0 Å². The number of rotatable bonds is 7. The molecule has 1 saturated carbocycles. The lowest BCUT2D eigenvalue weighted by Gasteiger charge is -2.21. The van der Waals surface area contributed by atoms with Crippen molar-refractivity contribution in [3.63, 3.8) is 0 Å². The third kappa shape index (κ3) is 5.35. The Morgan fingerprint density at radius 2 is 1.50 bits per heavy atom. The fraction of sp³-hybridized carbons (Fsp3) is 0.435. The van der Waals surface area contributed by atoms with Crippen LogP contribution in [0.15, 0.2) is 53.7 Å². The molecule has 0 aliphatic heterocycles. The highest BCUT2D eigenvalue weighted by molar-refractivity contribution is 5.97. The predicted molar refractivity (Wildman–Crippen MR) is 108 cm³/mol. The first kappa shape index (κ1) is 18.5. The summed E-state index contributed by atoms with van der Waals surface area (Å²) in [6.07, 6.45) is 11.7. The maximum atomic E-state index is 8.83. The summed E-state index contributed by atoms with van der Waals surface area (Å²) in [5, 5.41) is 11.9. The minimum atomic E-state index is 0.163. The van der Waals surface area contributed by atoms with Crippen molar-refractivity contribution in [1.29, 1.82) is 0 Å². The first-order chi connectivity index (χ1) is 12.7. The maximum absolute atomic E-state index is 8.83. The first-order valence-corrected chi connectivity index (χ1v) is 9.89. The topological polar surface area (TPSA) is 58.6 Å². The molecule has 1 fully saturated rings. The molecule has 0 bridgehead atoms. The van der Waals surface area contributed by atoms with Crippen LogP contribution < -0.4 is 5.73 Å². The van der Waals surface area contributed by atoms with Gasteiger partial charge >= 0.3 is 0 Å². The number of oxime groups is 1. The van der Waals surface area contributed by atoms with E-state index in [1.807, 2.05) is 18.2 Å². The molecule has 26 heavy (non-hydrogen) atoms. The summed E-state index contributed by atoms with van der Waals surface area (Å²) in [5.41, 5.74) is 10.5. The Hall–Kier alpha value is -2.29. The Labute approximate surface area is 156 Å². The van der Waals surface area contributed by atoms with Gasteiger partial charge in [0.2, 0.25) is 0 Å². The van der Waals surface area contributed by atoms with Gasteiger partial charge in [0, 0.05) is 5.56 Å². The molecule has 3 N–H and O–H groups in total. The van der Waals surface area contributed by atoms with Gasteiger partial charge in [0.1, 0.15) is 0 Å². The van der Waals surface area contributed by atoms with Gasteiger partial charge in [-0.25, -0.2) is 0 Å². The molecule has 0 atom stereocenters. The second kappa shape index (κ2) is 9.42. The summed E-state index contributed by atoms with van der Waals surface area (Å²) >= 11 is 0. The summed E-state index contributed by atoms with van der Waals surface area (Å²) < 4.78 is 0. The zero-order valence-electron chi connectivity index (χ0n) is 15.5. The lowest BCUT2D eigenvalue weighted by molar-refractivity contribution is 0.318. The highest BCUT2D eigenvalue weighted by Crippen LogP contribution is 2.27. The van der Waals surface area contributed by atoms with Crippen molar-refractivity contribution in [3.8, 4) is 0 Å². The van der Waals surface area contributed by atoms with Gasteiger partial charge < -0.3 is 10.9 Å². The molecule has 0 heterocycles. The average molecular weight is 351 g/mol. The molecule has 0 unspecified atom stereocenters. The number of aryl methyl sites for hydroxylation is 3. The van der Waals surface area contributed by atoms with Crippen LogP contribution in [0.1, 0.15) is 60.8 Å². The molecular weight excluding hydrogens is 321 g/mol. The van der Waals surface area contributed by atoms with Crippen molar-refractivity contribution >= 4 is 5.84 Å². The van der Waals surface area contributed by atoms with E-state index in [0.29, 0.717) is 0 Å². The molecule has 0 amide bonds. The van der Waals surface area contributed by atoms with E-state index in [1.54, 1.807) is 0 Å². The van der Waals surface area contributed by atoms with Gasteiger partial charge in [-0.05, 0) is 54.4 Å². The quantitative estimate of drug-likeness (QED) is 0.240. The van der Waals surface area contributed by atoms with Crippen LogP contribution in [-0.2, 0) is 19.3 Å². The average Bonchev–Trinajstić information content (AvgIpc) is 2.71. The molecular formula is C23H30N2O. The van der Waals surface area contributed by atoms with Crippen molar-refractivity contribution in [1.82, 2.24) is 0 Å². The molecule has 0 saturated heterocycles. The third-order valence-electron chi connectivity index (χ3n) is 5.59. The smallest absolute Gasteiger partial charge is 0.170 e. The van der Waals surface area contributed by atoms with E-state index in [1.165, 1.54) is 61.6 Å². The monoisotopic (exact) mass is 351 g/mol. The summed E-state index contributed by atoms with van der Waals surface area (Å²) in [5.74, 6) is 1.10. The summed E-state index contributed by atoms with van der Waals surface area (Å²) in [6, 6.07) is 17.0. The summed E-state index contributed by atoms with van der Waals surface area (Å²) in [7, 11) is 0. The van der Waals surface area contributed by atoms with E-state index < -0.39 is 0 Å². The van der Waals surface area contributed by atoms with E-state index in [-0.39, 0.29) is 5.84 Å². The number of benzene rings is 2. The minimum absolute atomic E-state index is 0.163. The van der Waals surface area contributed by atoms with Gasteiger partial charge in [0.05, 0.1) is 0 Å². The molecule has 1 aliphatic carbocycles. The van der Waals surface area contributed by atoms with Gasteiger partial charge in [-0.2, -0.15) is 0 Å². The van der Waals surface area contributed by atoms with Crippen molar-refractivity contribution in [2.75, 3.05) is 0 Å². The summed E-state index contributed by atoms with van der Waals surface area (Å²) in [6.45, 7) is 0. The van der Waals surface area contributed by atoms with Crippen LogP contribution in [0.25, 0.3) is 0 Å². The fourth-order valence-electron chi connectivity index (χ4n) is 4.02. The number of nitrogens with two attached hydrogens (primary N) is 1. The van der Waals surface area contributed by atoms with Crippen LogP contribution >= 0.6 is 0 Å². The molecule has 0 spiro atoms. The highest BCUT2D eigenvalue weighted by Gasteiger charge is 2.13. The van der Waals surface area contributed by atoms with Crippen molar-refractivity contribution < 1.29 is 5.21 Å². The van der Waals surface area contributed by atoms with E-state index in [2.05, 4.69) is 35.5 Å². The largest absolute Gasteiger partial charge is 0.409 e. The molecule has 3 heteroatoms. The molecule has 2 aromatic carbocycles. The third-order valence-corrected chi connectivity index (χ3v) is 5.59. The molecule has 0 radical (unpaired) electrons. The fourth-order valence-corrected chi connectivity index (χ4v) is 4.02. The van der Waals surface area contributed by atoms with Gasteiger partial charge in [-0.1, -0.05) is 79.7 Å². The molecule has 3 rings (SSSR count). The Morgan fingerprint density at radius 3 is 2.19 bits per heavy atom. The second-order valence-corrected chi connectivity index (χ2v) is 7.55. The molecule has 3 nitrogen and oxygen atoms in total.